The van der Waals surface area contributed by atoms with Crippen LogP contribution in [0.5, 0.6) is 0 Å². The minimum absolute atomic E-state index is 0.413. The highest BCUT2D eigenvalue weighted by Crippen LogP contribution is 2.36. The van der Waals surface area contributed by atoms with Crippen molar-refractivity contribution in [3.63, 3.8) is 0 Å². The van der Waals surface area contributed by atoms with Crippen molar-refractivity contribution in [2.24, 2.45) is 0 Å². The van der Waals surface area contributed by atoms with E-state index in [0.29, 0.717) is 5.92 Å². The second-order valence-electron chi connectivity index (χ2n) is 8.19. The molecule has 1 unspecified atom stereocenters. The number of nitrogens with zero attached hydrogens (tertiary/aromatic N) is 1. The quantitative estimate of drug-likeness (QED) is 0.291. The van der Waals surface area contributed by atoms with Crippen LogP contribution in [0.3, 0.4) is 0 Å². The van der Waals surface area contributed by atoms with Crippen LogP contribution in [-0.4, -0.2) is 4.57 Å². The number of hydrogen-bond donors (Lipinski definition) is 0. The molecule has 0 amide bonds. The number of para-hydroxylation sites is 2. The Morgan fingerprint density at radius 3 is 2.13 bits per heavy atom. The molecular formula is C30H23N. The molecule has 0 spiro atoms. The Kier molecular flexibility index (Phi) is 4.32. The fourth-order valence-corrected chi connectivity index (χ4v) is 4.79. The molecule has 1 aromatic heterocycles. The molecule has 1 aliphatic rings. The maximum atomic E-state index is 2.40. The summed E-state index contributed by atoms with van der Waals surface area (Å²) >= 11 is 0. The number of rotatable bonds is 3. The monoisotopic (exact) mass is 397 g/mol. The summed E-state index contributed by atoms with van der Waals surface area (Å²) in [6, 6.07) is 37.0. The molecule has 0 fully saturated rings. The lowest BCUT2D eigenvalue weighted by Crippen LogP contribution is -1.99. The molecule has 31 heavy (non-hydrogen) atoms. The number of allylic oxidation sites excluding steroid dienone is 4. The van der Waals surface area contributed by atoms with Crippen molar-refractivity contribution in [3.05, 3.63) is 132 Å². The molecule has 5 aromatic rings. The summed E-state index contributed by atoms with van der Waals surface area (Å²) in [7, 11) is 0. The first-order valence-electron chi connectivity index (χ1n) is 10.9. The molecule has 1 atom stereocenters. The summed E-state index contributed by atoms with van der Waals surface area (Å²) in [5.74, 6) is 0.413. The van der Waals surface area contributed by atoms with Crippen LogP contribution in [0.4, 0.5) is 0 Å². The van der Waals surface area contributed by atoms with E-state index in [4.69, 9.17) is 0 Å². The van der Waals surface area contributed by atoms with Crippen LogP contribution in [-0.2, 0) is 0 Å². The number of fused-ring (bicyclic) bond motifs is 3. The SMILES string of the molecule is C1=CC(c2ccc3c(c2)c2ccccc2n3-c2ccccc2)CC=C1c1ccccc1. The van der Waals surface area contributed by atoms with Crippen molar-refractivity contribution in [1.82, 2.24) is 4.57 Å². The first kappa shape index (κ1) is 18.0. The average molecular weight is 398 g/mol. The van der Waals surface area contributed by atoms with E-state index >= 15 is 0 Å². The third-order valence-electron chi connectivity index (χ3n) is 6.35. The predicted molar refractivity (Wildman–Crippen MR) is 132 cm³/mol. The zero-order chi connectivity index (χ0) is 20.6. The normalized spacial score (nSPS) is 16.0. The summed E-state index contributed by atoms with van der Waals surface area (Å²) in [6.45, 7) is 0. The van der Waals surface area contributed by atoms with Crippen LogP contribution in [0, 0.1) is 0 Å². The van der Waals surface area contributed by atoms with Gasteiger partial charge in [0.1, 0.15) is 0 Å². The van der Waals surface area contributed by atoms with Gasteiger partial charge in [0, 0.05) is 22.4 Å². The van der Waals surface area contributed by atoms with Crippen molar-refractivity contribution in [3.8, 4) is 5.69 Å². The molecule has 1 aliphatic carbocycles. The summed E-state index contributed by atoms with van der Waals surface area (Å²) in [4.78, 5) is 0. The molecule has 1 nitrogen and oxygen atoms in total. The fourth-order valence-electron chi connectivity index (χ4n) is 4.79. The maximum absolute atomic E-state index is 2.40. The average Bonchev–Trinajstić information content (AvgIpc) is 3.19. The number of aromatic nitrogens is 1. The highest BCUT2D eigenvalue weighted by molar-refractivity contribution is 6.09. The topological polar surface area (TPSA) is 4.93 Å². The lowest BCUT2D eigenvalue weighted by atomic mass is 9.87. The van der Waals surface area contributed by atoms with Gasteiger partial charge < -0.3 is 4.57 Å². The van der Waals surface area contributed by atoms with Crippen LogP contribution in [0.1, 0.15) is 23.5 Å². The summed E-state index contributed by atoms with van der Waals surface area (Å²) in [5.41, 5.74) is 7.71. The molecule has 0 bridgehead atoms. The molecule has 148 valence electrons. The van der Waals surface area contributed by atoms with Crippen molar-refractivity contribution in [2.45, 2.75) is 12.3 Å². The summed E-state index contributed by atoms with van der Waals surface area (Å²) in [6.07, 6.45) is 8.04. The molecule has 0 saturated carbocycles. The van der Waals surface area contributed by atoms with Gasteiger partial charge in [0.15, 0.2) is 0 Å². The van der Waals surface area contributed by atoms with Gasteiger partial charge in [0.05, 0.1) is 11.0 Å². The van der Waals surface area contributed by atoms with E-state index < -0.39 is 0 Å². The summed E-state index contributed by atoms with van der Waals surface area (Å²) < 4.78 is 2.37. The van der Waals surface area contributed by atoms with E-state index in [2.05, 4.69) is 126 Å². The number of hydrogen-bond acceptors (Lipinski definition) is 0. The second kappa shape index (κ2) is 7.45. The minimum atomic E-state index is 0.413. The highest BCUT2D eigenvalue weighted by atomic mass is 15.0. The van der Waals surface area contributed by atoms with Gasteiger partial charge in [-0.25, -0.2) is 0 Å². The zero-order valence-corrected chi connectivity index (χ0v) is 17.3. The van der Waals surface area contributed by atoms with Gasteiger partial charge in [0.25, 0.3) is 0 Å². The Morgan fingerprint density at radius 1 is 0.645 bits per heavy atom. The maximum Gasteiger partial charge on any atom is 0.0541 e. The van der Waals surface area contributed by atoms with Crippen LogP contribution in [0.15, 0.2) is 121 Å². The van der Waals surface area contributed by atoms with Crippen LogP contribution in [0.25, 0.3) is 33.1 Å². The molecule has 0 saturated heterocycles. The van der Waals surface area contributed by atoms with Crippen LogP contribution < -0.4 is 0 Å². The molecule has 4 aromatic carbocycles. The van der Waals surface area contributed by atoms with Gasteiger partial charge >= 0.3 is 0 Å². The smallest absolute Gasteiger partial charge is 0.0541 e. The summed E-state index contributed by atoms with van der Waals surface area (Å²) in [5, 5.41) is 2.63. The van der Waals surface area contributed by atoms with Gasteiger partial charge in [-0.05, 0) is 53.5 Å². The molecule has 1 heterocycles. The molecule has 0 aliphatic heterocycles. The van der Waals surface area contributed by atoms with Gasteiger partial charge in [-0.3, -0.25) is 0 Å². The van der Waals surface area contributed by atoms with E-state index in [1.807, 2.05) is 0 Å². The van der Waals surface area contributed by atoms with E-state index in [1.165, 1.54) is 44.2 Å². The third kappa shape index (κ3) is 3.10. The van der Waals surface area contributed by atoms with Crippen molar-refractivity contribution < 1.29 is 0 Å². The largest absolute Gasteiger partial charge is 0.309 e. The van der Waals surface area contributed by atoms with E-state index in [0.717, 1.165) is 6.42 Å². The Morgan fingerprint density at radius 2 is 1.35 bits per heavy atom. The third-order valence-corrected chi connectivity index (χ3v) is 6.35. The lowest BCUT2D eigenvalue weighted by Gasteiger charge is -2.17. The van der Waals surface area contributed by atoms with E-state index in [9.17, 15) is 0 Å². The number of benzene rings is 4. The van der Waals surface area contributed by atoms with Gasteiger partial charge in [-0.1, -0.05) is 91.0 Å². The minimum Gasteiger partial charge on any atom is -0.309 e. The fraction of sp³-hybridized carbons (Fsp3) is 0.0667. The lowest BCUT2D eigenvalue weighted by molar-refractivity contribution is 0.858. The standard InChI is InChI=1S/C30H23N/c1-3-9-22(10-4-1)23-15-17-24(18-16-23)25-19-20-30-28(21-25)27-13-7-8-14-29(27)31(30)26-11-5-2-6-12-26/h1-17,19-21,24H,18H2. The van der Waals surface area contributed by atoms with Gasteiger partial charge in [-0.15, -0.1) is 0 Å². The Labute approximate surface area is 182 Å². The Balaban J connectivity index is 1.43. The Hall–Kier alpha value is -3.84. The Bertz CT molecular complexity index is 1440. The molecular weight excluding hydrogens is 374 g/mol. The van der Waals surface area contributed by atoms with Crippen molar-refractivity contribution in [2.75, 3.05) is 0 Å². The molecule has 1 heteroatoms. The molecule has 0 radical (unpaired) electrons. The second-order valence-corrected chi connectivity index (χ2v) is 8.19. The molecule has 6 rings (SSSR count). The van der Waals surface area contributed by atoms with Gasteiger partial charge in [0.2, 0.25) is 0 Å². The first-order valence-corrected chi connectivity index (χ1v) is 10.9. The van der Waals surface area contributed by atoms with Crippen molar-refractivity contribution in [1.29, 1.82) is 0 Å². The van der Waals surface area contributed by atoms with E-state index in [-0.39, 0.29) is 0 Å². The van der Waals surface area contributed by atoms with Crippen LogP contribution >= 0.6 is 0 Å². The van der Waals surface area contributed by atoms with Crippen molar-refractivity contribution >= 4 is 27.4 Å². The predicted octanol–water partition coefficient (Wildman–Crippen LogP) is 7.91. The van der Waals surface area contributed by atoms with Crippen LogP contribution in [0.2, 0.25) is 0 Å². The van der Waals surface area contributed by atoms with Gasteiger partial charge in [-0.2, -0.15) is 0 Å². The first-order chi connectivity index (χ1) is 15.4. The van der Waals surface area contributed by atoms with E-state index in [1.54, 1.807) is 0 Å². The molecule has 0 N–H and O–H groups in total. The zero-order valence-electron chi connectivity index (χ0n) is 17.3. The highest BCUT2D eigenvalue weighted by Gasteiger charge is 2.16.